The number of aliphatic carboxylic acids is 1. The fourth-order valence-electron chi connectivity index (χ4n) is 2.94. The third-order valence-electron chi connectivity index (χ3n) is 5.34. The van der Waals surface area contributed by atoms with Crippen LogP contribution in [0.15, 0.2) is 30.3 Å². The summed E-state index contributed by atoms with van der Waals surface area (Å²) >= 11 is 0. The van der Waals surface area contributed by atoms with Crippen molar-refractivity contribution in [1.29, 1.82) is 0 Å². The Morgan fingerprint density at radius 1 is 0.939 bits per heavy atom. The van der Waals surface area contributed by atoms with Crippen LogP contribution in [-0.2, 0) is 25.6 Å². The number of hydrogen-bond acceptors (Lipinski definition) is 7. The monoisotopic (exact) mass is 466 g/mol. The molecule has 0 fully saturated rings. The van der Waals surface area contributed by atoms with Crippen molar-refractivity contribution in [2.45, 2.75) is 63.9 Å². The fourth-order valence-corrected chi connectivity index (χ4v) is 2.94. The first-order valence-corrected chi connectivity index (χ1v) is 10.7. The molecule has 3 amide bonds. The Balaban J connectivity index is 2.85. The van der Waals surface area contributed by atoms with Crippen molar-refractivity contribution in [3.63, 3.8) is 0 Å². The molecule has 6 unspecified atom stereocenters. The minimum absolute atomic E-state index is 0.00609. The van der Waals surface area contributed by atoms with Crippen LogP contribution in [-0.4, -0.2) is 75.9 Å². The van der Waals surface area contributed by atoms with E-state index in [0.717, 1.165) is 0 Å². The van der Waals surface area contributed by atoms with Gasteiger partial charge in [-0.2, -0.15) is 0 Å². The van der Waals surface area contributed by atoms with Crippen molar-refractivity contribution >= 4 is 23.7 Å². The van der Waals surface area contributed by atoms with Crippen LogP contribution in [0.3, 0.4) is 0 Å². The maximum absolute atomic E-state index is 12.6. The zero-order valence-corrected chi connectivity index (χ0v) is 19.0. The van der Waals surface area contributed by atoms with Crippen LogP contribution in [0.1, 0.15) is 32.8 Å². The molecule has 0 aromatic heterocycles. The minimum Gasteiger partial charge on any atom is -0.480 e. The SMILES string of the molecule is CCC(C)C(N)C(=O)NC(C(=O)NC(CO)C(=O)NC(Cc1ccccc1)C(=O)O)C(C)O. The molecule has 1 aromatic rings. The summed E-state index contributed by atoms with van der Waals surface area (Å²) in [6.45, 7) is 4.06. The van der Waals surface area contributed by atoms with E-state index < -0.39 is 60.6 Å². The number of benzene rings is 1. The number of aliphatic hydroxyl groups excluding tert-OH is 2. The van der Waals surface area contributed by atoms with E-state index in [-0.39, 0.29) is 12.3 Å². The van der Waals surface area contributed by atoms with Crippen LogP contribution in [0.5, 0.6) is 0 Å². The standard InChI is InChI=1S/C22H34N4O7/c1-4-12(2)17(23)20(30)26-18(13(3)28)21(31)25-16(11-27)19(29)24-15(22(32)33)10-14-8-6-5-7-9-14/h5-9,12-13,15-18,27-28H,4,10-11,23H2,1-3H3,(H,24,29)(H,25,31)(H,26,30)(H,32,33). The third-order valence-corrected chi connectivity index (χ3v) is 5.34. The highest BCUT2D eigenvalue weighted by Crippen LogP contribution is 2.07. The quantitative estimate of drug-likeness (QED) is 0.183. The Labute approximate surface area is 192 Å². The molecular formula is C22H34N4O7. The van der Waals surface area contributed by atoms with E-state index in [0.29, 0.717) is 12.0 Å². The lowest BCUT2D eigenvalue weighted by atomic mass is 9.98. The van der Waals surface area contributed by atoms with Gasteiger partial charge >= 0.3 is 5.97 Å². The number of carbonyl (C=O) groups is 4. The molecule has 0 bridgehead atoms. The van der Waals surface area contributed by atoms with E-state index in [2.05, 4.69) is 16.0 Å². The second-order valence-corrected chi connectivity index (χ2v) is 7.97. The highest BCUT2D eigenvalue weighted by molar-refractivity contribution is 5.94. The van der Waals surface area contributed by atoms with E-state index >= 15 is 0 Å². The molecule has 0 heterocycles. The fraction of sp³-hybridized carbons (Fsp3) is 0.545. The molecule has 33 heavy (non-hydrogen) atoms. The Morgan fingerprint density at radius 2 is 1.52 bits per heavy atom. The van der Waals surface area contributed by atoms with Crippen LogP contribution in [0.25, 0.3) is 0 Å². The Kier molecular flexibility index (Phi) is 11.5. The van der Waals surface area contributed by atoms with Gasteiger partial charge in [0.05, 0.1) is 18.8 Å². The van der Waals surface area contributed by atoms with Gasteiger partial charge in [0.2, 0.25) is 17.7 Å². The van der Waals surface area contributed by atoms with Crippen LogP contribution < -0.4 is 21.7 Å². The van der Waals surface area contributed by atoms with Crippen molar-refractivity contribution in [2.75, 3.05) is 6.61 Å². The van der Waals surface area contributed by atoms with Gasteiger partial charge in [0, 0.05) is 6.42 Å². The summed E-state index contributed by atoms with van der Waals surface area (Å²) in [5.74, 6) is -3.97. The molecule has 0 aliphatic rings. The molecule has 1 rings (SSSR count). The summed E-state index contributed by atoms with van der Waals surface area (Å²) in [4.78, 5) is 49.1. The number of nitrogens with one attached hydrogen (secondary N) is 3. The first-order valence-electron chi connectivity index (χ1n) is 10.7. The molecule has 0 radical (unpaired) electrons. The lowest BCUT2D eigenvalue weighted by Crippen LogP contribution is -2.61. The number of carbonyl (C=O) groups excluding carboxylic acids is 3. The van der Waals surface area contributed by atoms with Crippen molar-refractivity contribution in [2.24, 2.45) is 11.7 Å². The highest BCUT2D eigenvalue weighted by atomic mass is 16.4. The van der Waals surface area contributed by atoms with Gasteiger partial charge in [-0.15, -0.1) is 0 Å². The maximum atomic E-state index is 12.6. The van der Waals surface area contributed by atoms with E-state index in [1.54, 1.807) is 37.3 Å². The highest BCUT2D eigenvalue weighted by Gasteiger charge is 2.32. The summed E-state index contributed by atoms with van der Waals surface area (Å²) in [6, 6.07) is 3.48. The first-order chi connectivity index (χ1) is 15.5. The molecule has 0 aliphatic carbocycles. The molecule has 0 spiro atoms. The average Bonchev–Trinajstić information content (AvgIpc) is 2.79. The largest absolute Gasteiger partial charge is 0.480 e. The van der Waals surface area contributed by atoms with Crippen LogP contribution in [0, 0.1) is 5.92 Å². The topological polar surface area (TPSA) is 191 Å². The van der Waals surface area contributed by atoms with Crippen molar-refractivity contribution in [1.82, 2.24) is 16.0 Å². The summed E-state index contributed by atoms with van der Waals surface area (Å²) in [7, 11) is 0. The smallest absolute Gasteiger partial charge is 0.326 e. The summed E-state index contributed by atoms with van der Waals surface area (Å²) in [6.07, 6.45) is -0.709. The molecule has 11 nitrogen and oxygen atoms in total. The Hall–Kier alpha value is -3.02. The van der Waals surface area contributed by atoms with Gasteiger partial charge in [-0.25, -0.2) is 4.79 Å². The summed E-state index contributed by atoms with van der Waals surface area (Å²) in [5, 5.41) is 35.9. The first kappa shape index (κ1) is 28.0. The van der Waals surface area contributed by atoms with Crippen LogP contribution in [0.4, 0.5) is 0 Å². The van der Waals surface area contributed by atoms with Crippen LogP contribution in [0.2, 0.25) is 0 Å². The lowest BCUT2D eigenvalue weighted by molar-refractivity contribution is -0.142. The number of carboxylic acid groups (broad SMARTS) is 1. The molecular weight excluding hydrogens is 432 g/mol. The molecule has 8 N–H and O–H groups in total. The molecule has 11 heteroatoms. The van der Waals surface area contributed by atoms with Crippen LogP contribution >= 0.6 is 0 Å². The molecule has 0 saturated heterocycles. The van der Waals surface area contributed by atoms with Gasteiger partial charge in [-0.05, 0) is 18.4 Å². The predicted octanol–water partition coefficient (Wildman–Crippen LogP) is -1.49. The summed E-state index contributed by atoms with van der Waals surface area (Å²) in [5.41, 5.74) is 6.53. The minimum atomic E-state index is -1.50. The van der Waals surface area contributed by atoms with Crippen molar-refractivity contribution < 1.29 is 34.5 Å². The van der Waals surface area contributed by atoms with E-state index in [1.165, 1.54) is 6.92 Å². The van der Waals surface area contributed by atoms with Crippen molar-refractivity contribution in [3.8, 4) is 0 Å². The second kappa shape index (κ2) is 13.5. The number of rotatable bonds is 13. The second-order valence-electron chi connectivity index (χ2n) is 7.97. The zero-order chi connectivity index (χ0) is 25.1. The summed E-state index contributed by atoms with van der Waals surface area (Å²) < 4.78 is 0. The average molecular weight is 467 g/mol. The normalized spacial score (nSPS) is 16.4. The molecule has 0 saturated carbocycles. The third kappa shape index (κ3) is 8.79. The number of nitrogens with two attached hydrogens (primary N) is 1. The van der Waals surface area contributed by atoms with Gasteiger partial charge in [0.15, 0.2) is 0 Å². The van der Waals surface area contributed by atoms with E-state index in [1.807, 2.05) is 6.92 Å². The Morgan fingerprint density at radius 3 is 2.00 bits per heavy atom. The molecule has 6 atom stereocenters. The van der Waals surface area contributed by atoms with Gasteiger partial charge in [-0.1, -0.05) is 50.6 Å². The number of amides is 3. The van der Waals surface area contributed by atoms with Gasteiger partial charge in [0.25, 0.3) is 0 Å². The number of hydrogen-bond donors (Lipinski definition) is 7. The van der Waals surface area contributed by atoms with Gasteiger partial charge in [0.1, 0.15) is 18.1 Å². The molecule has 0 aliphatic heterocycles. The number of aliphatic hydroxyl groups is 2. The van der Waals surface area contributed by atoms with Gasteiger partial charge < -0.3 is 37.0 Å². The number of carboxylic acids is 1. The van der Waals surface area contributed by atoms with Crippen molar-refractivity contribution in [3.05, 3.63) is 35.9 Å². The zero-order valence-electron chi connectivity index (χ0n) is 19.0. The molecule has 1 aromatic carbocycles. The van der Waals surface area contributed by atoms with E-state index in [4.69, 9.17) is 5.73 Å². The predicted molar refractivity (Wildman–Crippen MR) is 120 cm³/mol. The lowest BCUT2D eigenvalue weighted by Gasteiger charge is -2.26. The maximum Gasteiger partial charge on any atom is 0.326 e. The Bertz CT molecular complexity index is 803. The van der Waals surface area contributed by atoms with Gasteiger partial charge in [-0.3, -0.25) is 14.4 Å². The van der Waals surface area contributed by atoms with E-state index in [9.17, 15) is 34.5 Å². The molecule has 184 valence electrons.